The molecule has 2 aromatic rings. The lowest BCUT2D eigenvalue weighted by atomic mass is 10.1. The highest BCUT2D eigenvalue weighted by Gasteiger charge is 2.63. The lowest BCUT2D eigenvalue weighted by Crippen LogP contribution is -2.54. The summed E-state index contributed by atoms with van der Waals surface area (Å²) in [5.41, 5.74) is 0.386. The third-order valence-corrected chi connectivity index (χ3v) is 6.22. The van der Waals surface area contributed by atoms with Gasteiger partial charge in [-0.25, -0.2) is 9.69 Å². The molecular formula is C22H18F3N3O3. The molecule has 0 aromatic heterocycles. The number of carbonyl (C=O) groups excluding carboxylic acids is 3. The zero-order chi connectivity index (χ0) is 22.1. The maximum Gasteiger partial charge on any atom is 0.416 e. The van der Waals surface area contributed by atoms with Crippen LogP contribution in [-0.4, -0.2) is 52.3 Å². The minimum absolute atomic E-state index is 0.116. The van der Waals surface area contributed by atoms with E-state index in [4.69, 9.17) is 0 Å². The first-order valence-corrected chi connectivity index (χ1v) is 9.88. The Morgan fingerprint density at radius 2 is 1.81 bits per heavy atom. The van der Waals surface area contributed by atoms with E-state index >= 15 is 0 Å². The van der Waals surface area contributed by atoms with Gasteiger partial charge in [-0.05, 0) is 43.7 Å². The van der Waals surface area contributed by atoms with Crippen LogP contribution in [0.15, 0.2) is 48.5 Å². The van der Waals surface area contributed by atoms with E-state index in [0.717, 1.165) is 22.6 Å². The molecule has 0 aliphatic carbocycles. The van der Waals surface area contributed by atoms with Crippen molar-refractivity contribution in [2.75, 3.05) is 11.4 Å². The van der Waals surface area contributed by atoms with Gasteiger partial charge in [0.15, 0.2) is 0 Å². The highest BCUT2D eigenvalue weighted by molar-refractivity contribution is 6.22. The van der Waals surface area contributed by atoms with Crippen LogP contribution in [0.5, 0.6) is 0 Å². The van der Waals surface area contributed by atoms with Crippen molar-refractivity contribution in [2.24, 2.45) is 0 Å². The molecule has 3 heterocycles. The average Bonchev–Trinajstić information content (AvgIpc) is 3.38. The molecule has 2 aromatic carbocycles. The van der Waals surface area contributed by atoms with Crippen molar-refractivity contribution in [1.29, 1.82) is 0 Å². The number of likely N-dealkylation sites (tertiary alicyclic amines) is 1. The SMILES string of the molecule is Cc1cccc(C(=O)N2CC3C[C@@H]2[C@@H]2C(=O)N(c4cccc(C(F)(F)F)c4)C(=O)N32)c1. The first-order valence-electron chi connectivity index (χ1n) is 9.88. The molecule has 0 spiro atoms. The molecule has 0 N–H and O–H groups in total. The molecule has 3 atom stereocenters. The van der Waals surface area contributed by atoms with Gasteiger partial charge < -0.3 is 9.80 Å². The molecular weight excluding hydrogens is 411 g/mol. The second-order valence-corrected chi connectivity index (χ2v) is 8.14. The summed E-state index contributed by atoms with van der Waals surface area (Å²) in [7, 11) is 0. The number of imide groups is 1. The van der Waals surface area contributed by atoms with Crippen molar-refractivity contribution in [1.82, 2.24) is 9.80 Å². The van der Waals surface area contributed by atoms with Crippen molar-refractivity contribution in [3.8, 4) is 0 Å². The van der Waals surface area contributed by atoms with Gasteiger partial charge in [-0.1, -0.05) is 23.8 Å². The minimum atomic E-state index is -4.59. The van der Waals surface area contributed by atoms with Crippen LogP contribution in [0.3, 0.4) is 0 Å². The smallest absolute Gasteiger partial charge is 0.331 e. The van der Waals surface area contributed by atoms with Crippen LogP contribution in [-0.2, 0) is 11.0 Å². The van der Waals surface area contributed by atoms with Crippen molar-refractivity contribution in [3.63, 3.8) is 0 Å². The molecule has 3 fully saturated rings. The van der Waals surface area contributed by atoms with Crippen LogP contribution in [0.4, 0.5) is 23.7 Å². The molecule has 31 heavy (non-hydrogen) atoms. The number of hydrogen-bond acceptors (Lipinski definition) is 3. The number of urea groups is 1. The number of aryl methyl sites for hydroxylation is 1. The van der Waals surface area contributed by atoms with Gasteiger partial charge in [0.1, 0.15) is 6.04 Å². The summed E-state index contributed by atoms with van der Waals surface area (Å²) in [5.74, 6) is -0.813. The Labute approximate surface area is 175 Å². The van der Waals surface area contributed by atoms with Gasteiger partial charge in [0.25, 0.3) is 11.8 Å². The highest BCUT2D eigenvalue weighted by atomic mass is 19.4. The van der Waals surface area contributed by atoms with E-state index in [1.54, 1.807) is 23.1 Å². The molecule has 0 radical (unpaired) electrons. The number of carbonyl (C=O) groups is 3. The zero-order valence-electron chi connectivity index (χ0n) is 16.5. The number of nitrogens with zero attached hydrogens (tertiary/aromatic N) is 3. The Morgan fingerprint density at radius 1 is 1.06 bits per heavy atom. The number of fused-ring (bicyclic) bond motifs is 5. The van der Waals surface area contributed by atoms with Gasteiger partial charge in [0.2, 0.25) is 0 Å². The Kier molecular flexibility index (Phi) is 4.15. The number of benzene rings is 2. The first-order chi connectivity index (χ1) is 14.7. The minimum Gasteiger partial charge on any atom is -0.331 e. The molecule has 2 bridgehead atoms. The summed E-state index contributed by atoms with van der Waals surface area (Å²) in [5, 5.41) is 0. The van der Waals surface area contributed by atoms with Crippen molar-refractivity contribution >= 4 is 23.5 Å². The molecule has 9 heteroatoms. The zero-order valence-corrected chi connectivity index (χ0v) is 16.5. The third kappa shape index (κ3) is 2.90. The molecule has 3 aliphatic rings. The fourth-order valence-electron chi connectivity index (χ4n) is 4.89. The fourth-order valence-corrected chi connectivity index (χ4v) is 4.89. The Bertz CT molecular complexity index is 1120. The largest absolute Gasteiger partial charge is 0.416 e. The monoisotopic (exact) mass is 429 g/mol. The van der Waals surface area contributed by atoms with Gasteiger partial charge in [0, 0.05) is 12.1 Å². The van der Waals surface area contributed by atoms with Crippen molar-refractivity contribution in [2.45, 2.75) is 37.6 Å². The number of piperazine rings is 1. The third-order valence-electron chi connectivity index (χ3n) is 6.22. The quantitative estimate of drug-likeness (QED) is 0.688. The second-order valence-electron chi connectivity index (χ2n) is 8.14. The van der Waals surface area contributed by atoms with Gasteiger partial charge in [0.05, 0.1) is 23.3 Å². The van der Waals surface area contributed by atoms with E-state index in [1.807, 2.05) is 13.0 Å². The Hall–Kier alpha value is -3.36. The number of halogens is 3. The average molecular weight is 429 g/mol. The van der Waals surface area contributed by atoms with E-state index < -0.39 is 35.8 Å². The number of alkyl halides is 3. The van der Waals surface area contributed by atoms with E-state index in [2.05, 4.69) is 0 Å². The highest BCUT2D eigenvalue weighted by Crippen LogP contribution is 2.43. The molecule has 1 unspecified atom stereocenters. The predicted octanol–water partition coefficient (Wildman–Crippen LogP) is 3.45. The van der Waals surface area contributed by atoms with Gasteiger partial charge in [-0.3, -0.25) is 9.59 Å². The van der Waals surface area contributed by atoms with Gasteiger partial charge in [-0.2, -0.15) is 13.2 Å². The second kappa shape index (κ2) is 6.57. The van der Waals surface area contributed by atoms with E-state index in [0.29, 0.717) is 18.5 Å². The summed E-state index contributed by atoms with van der Waals surface area (Å²) in [6.07, 6.45) is -4.11. The maximum absolute atomic E-state index is 13.2. The maximum atomic E-state index is 13.2. The molecule has 3 saturated heterocycles. The van der Waals surface area contributed by atoms with E-state index in [-0.39, 0.29) is 17.6 Å². The van der Waals surface area contributed by atoms with Crippen molar-refractivity contribution < 1.29 is 27.6 Å². The van der Waals surface area contributed by atoms with Crippen LogP contribution in [0.1, 0.15) is 27.9 Å². The fraction of sp³-hybridized carbons (Fsp3) is 0.318. The van der Waals surface area contributed by atoms with Crippen LogP contribution < -0.4 is 4.90 Å². The standard InChI is InChI=1S/C22H18F3N3O3/c1-12-4-2-5-13(8-12)19(29)26-11-16-10-17(26)18-20(30)28(21(31)27(16)18)15-7-3-6-14(9-15)22(23,24)25/h2-9,16-18H,10-11H2,1H3/t16?,17-,18-/m1/s1. The molecule has 0 saturated carbocycles. The van der Waals surface area contributed by atoms with Gasteiger partial charge in [-0.15, -0.1) is 0 Å². The number of rotatable bonds is 2. The topological polar surface area (TPSA) is 60.9 Å². The van der Waals surface area contributed by atoms with Crippen LogP contribution >= 0.6 is 0 Å². The van der Waals surface area contributed by atoms with Crippen molar-refractivity contribution in [3.05, 3.63) is 65.2 Å². The normalized spacial score (nSPS) is 24.9. The number of amides is 4. The molecule has 3 aliphatic heterocycles. The summed E-state index contributed by atoms with van der Waals surface area (Å²) in [4.78, 5) is 43.0. The van der Waals surface area contributed by atoms with Gasteiger partial charge >= 0.3 is 12.2 Å². The Balaban J connectivity index is 1.45. The lowest BCUT2D eigenvalue weighted by Gasteiger charge is -2.35. The summed E-state index contributed by atoms with van der Waals surface area (Å²) in [6.45, 7) is 2.17. The molecule has 4 amide bonds. The lowest BCUT2D eigenvalue weighted by molar-refractivity contribution is -0.137. The van der Waals surface area contributed by atoms with Crippen LogP contribution in [0.2, 0.25) is 0 Å². The first kappa shape index (κ1) is 19.6. The van der Waals surface area contributed by atoms with Crippen LogP contribution in [0.25, 0.3) is 0 Å². The predicted molar refractivity (Wildman–Crippen MR) is 104 cm³/mol. The molecule has 160 valence electrons. The summed E-state index contributed by atoms with van der Waals surface area (Å²) in [6, 6.07) is 8.95. The summed E-state index contributed by atoms with van der Waals surface area (Å²) < 4.78 is 39.3. The molecule has 6 nitrogen and oxygen atoms in total. The van der Waals surface area contributed by atoms with E-state index in [1.165, 1.54) is 17.0 Å². The van der Waals surface area contributed by atoms with Crippen LogP contribution in [0, 0.1) is 6.92 Å². The summed E-state index contributed by atoms with van der Waals surface area (Å²) >= 11 is 0. The van der Waals surface area contributed by atoms with E-state index in [9.17, 15) is 27.6 Å². The number of anilines is 1. The number of hydrogen-bond donors (Lipinski definition) is 0. The molecule has 5 rings (SSSR count). The Morgan fingerprint density at radius 3 is 2.52 bits per heavy atom.